The molecule has 1 N–H and O–H groups in total. The van der Waals surface area contributed by atoms with Gasteiger partial charge in [0, 0.05) is 52.7 Å². The standard InChI is InChI=1S/C28H29N3O2/c1-4-30-25-8-6-5-7-23(25)24-16-21(11-14-26(24)30)29-28(33)20-15-27(32)31(17-20)22-12-9-19(10-13-22)18(2)3/h5-14,16,18,20H,4,15,17H2,1-3H3,(H,29,33). The number of aryl methyl sites for hydroxylation is 1. The molecule has 5 rings (SSSR count). The van der Waals surface area contributed by atoms with Crippen molar-refractivity contribution in [1.82, 2.24) is 4.57 Å². The maximum absolute atomic E-state index is 13.0. The molecule has 0 radical (unpaired) electrons. The van der Waals surface area contributed by atoms with Gasteiger partial charge >= 0.3 is 0 Å². The summed E-state index contributed by atoms with van der Waals surface area (Å²) < 4.78 is 2.29. The Hall–Kier alpha value is -3.60. The quantitative estimate of drug-likeness (QED) is 0.419. The van der Waals surface area contributed by atoms with Gasteiger partial charge in [0.1, 0.15) is 0 Å². The largest absolute Gasteiger partial charge is 0.341 e. The molecule has 0 aliphatic carbocycles. The van der Waals surface area contributed by atoms with E-state index >= 15 is 0 Å². The number of anilines is 2. The van der Waals surface area contributed by atoms with Crippen molar-refractivity contribution >= 4 is 45.0 Å². The van der Waals surface area contributed by atoms with E-state index in [0.717, 1.165) is 28.8 Å². The first kappa shape index (κ1) is 21.3. The van der Waals surface area contributed by atoms with Gasteiger partial charge in [0.05, 0.1) is 5.92 Å². The summed E-state index contributed by atoms with van der Waals surface area (Å²) in [5.74, 6) is -0.0392. The average Bonchev–Trinajstić information content (AvgIpc) is 3.37. The number of aromatic nitrogens is 1. The molecule has 1 aliphatic rings. The minimum Gasteiger partial charge on any atom is -0.341 e. The van der Waals surface area contributed by atoms with Crippen molar-refractivity contribution < 1.29 is 9.59 Å². The molecule has 0 saturated carbocycles. The molecule has 0 spiro atoms. The molecule has 1 fully saturated rings. The zero-order chi connectivity index (χ0) is 23.1. The second-order valence-electron chi connectivity index (χ2n) is 9.13. The minimum atomic E-state index is -0.366. The highest BCUT2D eigenvalue weighted by molar-refractivity contribution is 6.10. The third-order valence-corrected chi connectivity index (χ3v) is 6.72. The first-order chi connectivity index (χ1) is 16.0. The Kier molecular flexibility index (Phi) is 5.41. The van der Waals surface area contributed by atoms with Gasteiger partial charge in [-0.05, 0) is 54.8 Å². The van der Waals surface area contributed by atoms with E-state index in [4.69, 9.17) is 0 Å². The molecule has 1 saturated heterocycles. The number of amides is 2. The van der Waals surface area contributed by atoms with Crippen molar-refractivity contribution in [2.45, 2.75) is 39.7 Å². The molecular weight excluding hydrogens is 410 g/mol. The van der Waals surface area contributed by atoms with Crippen molar-refractivity contribution in [2.24, 2.45) is 5.92 Å². The summed E-state index contributed by atoms with van der Waals surface area (Å²) in [6.45, 7) is 7.72. The van der Waals surface area contributed by atoms with Crippen LogP contribution in [0, 0.1) is 5.92 Å². The van der Waals surface area contributed by atoms with Gasteiger partial charge in [-0.25, -0.2) is 0 Å². The van der Waals surface area contributed by atoms with Crippen molar-refractivity contribution in [1.29, 1.82) is 0 Å². The van der Waals surface area contributed by atoms with Crippen molar-refractivity contribution in [3.63, 3.8) is 0 Å². The fraction of sp³-hybridized carbons (Fsp3) is 0.286. The van der Waals surface area contributed by atoms with Crippen LogP contribution in [0.15, 0.2) is 66.7 Å². The Balaban J connectivity index is 1.35. The maximum Gasteiger partial charge on any atom is 0.229 e. The van der Waals surface area contributed by atoms with Crippen LogP contribution in [0.2, 0.25) is 0 Å². The number of nitrogens with one attached hydrogen (secondary N) is 1. The normalized spacial score (nSPS) is 16.3. The van der Waals surface area contributed by atoms with E-state index in [-0.39, 0.29) is 24.2 Å². The second kappa shape index (κ2) is 8.39. The molecule has 1 unspecified atom stereocenters. The summed E-state index contributed by atoms with van der Waals surface area (Å²) in [5.41, 5.74) is 5.20. The molecular formula is C28H29N3O2. The number of carbonyl (C=O) groups excluding carboxylic acids is 2. The van der Waals surface area contributed by atoms with E-state index in [1.165, 1.54) is 16.5 Å². The van der Waals surface area contributed by atoms with E-state index in [2.05, 4.69) is 67.1 Å². The Labute approximate surface area is 194 Å². The van der Waals surface area contributed by atoms with Crippen molar-refractivity contribution in [3.05, 3.63) is 72.3 Å². The minimum absolute atomic E-state index is 0.00563. The molecule has 2 amide bonds. The maximum atomic E-state index is 13.0. The van der Waals surface area contributed by atoms with E-state index in [0.29, 0.717) is 12.5 Å². The SMILES string of the molecule is CCn1c2ccccc2c2cc(NC(=O)C3CC(=O)N(c4ccc(C(C)C)cc4)C3)ccc21. The Bertz CT molecular complexity index is 1350. The molecule has 2 heterocycles. The van der Waals surface area contributed by atoms with Gasteiger partial charge in [0.25, 0.3) is 0 Å². The predicted octanol–water partition coefficient (Wildman–Crippen LogP) is 5.93. The number of carbonyl (C=O) groups is 2. The number of fused-ring (bicyclic) bond motifs is 3. The van der Waals surface area contributed by atoms with E-state index in [1.807, 2.05) is 30.3 Å². The van der Waals surface area contributed by atoms with Gasteiger partial charge in [-0.1, -0.05) is 44.2 Å². The highest BCUT2D eigenvalue weighted by Gasteiger charge is 2.35. The first-order valence-electron chi connectivity index (χ1n) is 11.7. The highest BCUT2D eigenvalue weighted by Crippen LogP contribution is 2.32. The van der Waals surface area contributed by atoms with Crippen molar-refractivity contribution in [3.8, 4) is 0 Å². The smallest absolute Gasteiger partial charge is 0.229 e. The van der Waals surface area contributed by atoms with Crippen LogP contribution in [0.4, 0.5) is 11.4 Å². The molecule has 5 nitrogen and oxygen atoms in total. The fourth-order valence-electron chi connectivity index (χ4n) is 4.89. The van der Waals surface area contributed by atoms with Crippen molar-refractivity contribution in [2.75, 3.05) is 16.8 Å². The van der Waals surface area contributed by atoms with Gasteiger partial charge in [0.2, 0.25) is 11.8 Å². The summed E-state index contributed by atoms with van der Waals surface area (Å²) in [6, 6.07) is 22.5. The Morgan fingerprint density at radius 3 is 2.45 bits per heavy atom. The van der Waals surface area contributed by atoms with Crippen LogP contribution in [-0.4, -0.2) is 22.9 Å². The van der Waals surface area contributed by atoms with Gasteiger partial charge in [-0.3, -0.25) is 9.59 Å². The molecule has 1 aromatic heterocycles. The third kappa shape index (κ3) is 3.78. The van der Waals surface area contributed by atoms with Gasteiger partial charge < -0.3 is 14.8 Å². The van der Waals surface area contributed by atoms with Crippen LogP contribution >= 0.6 is 0 Å². The van der Waals surface area contributed by atoms with Crippen LogP contribution in [0.5, 0.6) is 0 Å². The Morgan fingerprint density at radius 2 is 1.73 bits per heavy atom. The van der Waals surface area contributed by atoms with Gasteiger partial charge in [0.15, 0.2) is 0 Å². The summed E-state index contributed by atoms with van der Waals surface area (Å²) in [6.07, 6.45) is 0.231. The zero-order valence-corrected chi connectivity index (χ0v) is 19.3. The summed E-state index contributed by atoms with van der Waals surface area (Å²) in [7, 11) is 0. The van der Waals surface area contributed by atoms with Crippen LogP contribution in [-0.2, 0) is 16.1 Å². The summed E-state index contributed by atoms with van der Waals surface area (Å²) >= 11 is 0. The number of para-hydroxylation sites is 1. The molecule has 0 bridgehead atoms. The van der Waals surface area contributed by atoms with Crippen LogP contribution < -0.4 is 10.2 Å². The molecule has 4 aromatic rings. The topological polar surface area (TPSA) is 54.3 Å². The second-order valence-corrected chi connectivity index (χ2v) is 9.13. The molecule has 33 heavy (non-hydrogen) atoms. The zero-order valence-electron chi connectivity index (χ0n) is 19.3. The fourth-order valence-corrected chi connectivity index (χ4v) is 4.89. The third-order valence-electron chi connectivity index (χ3n) is 6.72. The number of nitrogens with zero attached hydrogens (tertiary/aromatic N) is 2. The molecule has 1 atom stereocenters. The molecule has 1 aliphatic heterocycles. The van der Waals surface area contributed by atoms with E-state index in [1.54, 1.807) is 4.90 Å². The first-order valence-corrected chi connectivity index (χ1v) is 11.7. The lowest BCUT2D eigenvalue weighted by atomic mass is 10.0. The van der Waals surface area contributed by atoms with Gasteiger partial charge in [-0.2, -0.15) is 0 Å². The van der Waals surface area contributed by atoms with Crippen LogP contribution in [0.1, 0.15) is 38.7 Å². The number of benzene rings is 3. The predicted molar refractivity (Wildman–Crippen MR) is 135 cm³/mol. The van der Waals surface area contributed by atoms with Crippen LogP contribution in [0.3, 0.4) is 0 Å². The molecule has 168 valence electrons. The summed E-state index contributed by atoms with van der Waals surface area (Å²) in [4.78, 5) is 27.4. The lowest BCUT2D eigenvalue weighted by Crippen LogP contribution is -2.28. The number of rotatable bonds is 5. The monoisotopic (exact) mass is 439 g/mol. The van der Waals surface area contributed by atoms with E-state index in [9.17, 15) is 9.59 Å². The highest BCUT2D eigenvalue weighted by atomic mass is 16.2. The lowest BCUT2D eigenvalue weighted by molar-refractivity contribution is -0.122. The Morgan fingerprint density at radius 1 is 1.00 bits per heavy atom. The van der Waals surface area contributed by atoms with Crippen LogP contribution in [0.25, 0.3) is 21.8 Å². The van der Waals surface area contributed by atoms with Gasteiger partial charge in [-0.15, -0.1) is 0 Å². The lowest BCUT2D eigenvalue weighted by Gasteiger charge is -2.18. The number of hydrogen-bond donors (Lipinski definition) is 1. The average molecular weight is 440 g/mol. The summed E-state index contributed by atoms with van der Waals surface area (Å²) in [5, 5.41) is 5.36. The molecule has 3 aromatic carbocycles. The molecule has 5 heteroatoms. The van der Waals surface area contributed by atoms with E-state index < -0.39 is 0 Å². The number of hydrogen-bond acceptors (Lipinski definition) is 2.